The summed E-state index contributed by atoms with van der Waals surface area (Å²) in [5.74, 6) is -0.350. The maximum Gasteiger partial charge on any atom is 0.253 e. The lowest BCUT2D eigenvalue weighted by molar-refractivity contribution is 0.0940. The van der Waals surface area contributed by atoms with Crippen LogP contribution < -0.4 is 5.32 Å². The summed E-state index contributed by atoms with van der Waals surface area (Å²) >= 11 is 11.9. The average molecular weight is 372 g/mol. The molecule has 4 nitrogen and oxygen atoms in total. The lowest BCUT2D eigenvalue weighted by Gasteiger charge is -2.15. The second-order valence-corrected chi connectivity index (χ2v) is 7.94. The fourth-order valence-electron chi connectivity index (χ4n) is 2.04. The molecular formula is C16H15Cl2NO3S. The molecule has 0 bridgehead atoms. The number of sulfone groups is 1. The van der Waals surface area contributed by atoms with Gasteiger partial charge in [0.2, 0.25) is 0 Å². The van der Waals surface area contributed by atoms with Crippen molar-refractivity contribution in [3.8, 4) is 0 Å². The van der Waals surface area contributed by atoms with Crippen molar-refractivity contribution in [2.75, 3.05) is 6.26 Å². The molecule has 122 valence electrons. The Hall–Kier alpha value is -1.56. The maximum absolute atomic E-state index is 12.3. The van der Waals surface area contributed by atoms with Gasteiger partial charge in [-0.3, -0.25) is 4.79 Å². The number of hydrogen-bond donors (Lipinski definition) is 1. The van der Waals surface area contributed by atoms with E-state index in [0.29, 0.717) is 10.6 Å². The van der Waals surface area contributed by atoms with E-state index < -0.39 is 9.84 Å². The van der Waals surface area contributed by atoms with Gasteiger partial charge in [-0.2, -0.15) is 0 Å². The molecule has 0 aliphatic rings. The smallest absolute Gasteiger partial charge is 0.253 e. The summed E-state index contributed by atoms with van der Waals surface area (Å²) in [5.41, 5.74) is 1.07. The number of carbonyl (C=O) groups is 1. The second kappa shape index (κ2) is 6.91. The van der Waals surface area contributed by atoms with Crippen LogP contribution in [-0.4, -0.2) is 20.6 Å². The largest absolute Gasteiger partial charge is 0.345 e. The van der Waals surface area contributed by atoms with E-state index in [2.05, 4.69) is 5.32 Å². The van der Waals surface area contributed by atoms with Crippen LogP contribution in [0.5, 0.6) is 0 Å². The fraction of sp³-hybridized carbons (Fsp3) is 0.188. The van der Waals surface area contributed by atoms with E-state index in [1.807, 2.05) is 0 Å². The highest BCUT2D eigenvalue weighted by atomic mass is 35.5. The standard InChI is InChI=1S/C16H15Cl2NO3S/c1-10(11-6-8-12(9-7-11)23(2,21)22)19-16(20)13-4-3-5-14(17)15(13)18/h3-10H,1-2H3,(H,19,20). The highest BCUT2D eigenvalue weighted by molar-refractivity contribution is 7.90. The van der Waals surface area contributed by atoms with Crippen LogP contribution in [0.25, 0.3) is 0 Å². The van der Waals surface area contributed by atoms with Gasteiger partial charge < -0.3 is 5.32 Å². The lowest BCUT2D eigenvalue weighted by atomic mass is 10.1. The molecule has 0 heterocycles. The first-order valence-corrected chi connectivity index (χ1v) is 9.40. The molecule has 0 aliphatic heterocycles. The Kier molecular flexibility index (Phi) is 5.34. The van der Waals surface area contributed by atoms with Gasteiger partial charge in [-0.25, -0.2) is 8.42 Å². The molecule has 2 aromatic carbocycles. The Morgan fingerprint density at radius 1 is 1.09 bits per heavy atom. The molecular weight excluding hydrogens is 357 g/mol. The van der Waals surface area contributed by atoms with Crippen molar-refractivity contribution in [1.29, 1.82) is 0 Å². The zero-order valence-electron chi connectivity index (χ0n) is 12.5. The molecule has 0 radical (unpaired) electrons. The predicted molar refractivity (Wildman–Crippen MR) is 91.9 cm³/mol. The number of nitrogens with one attached hydrogen (secondary N) is 1. The van der Waals surface area contributed by atoms with E-state index in [9.17, 15) is 13.2 Å². The van der Waals surface area contributed by atoms with Gasteiger partial charge in [0.1, 0.15) is 0 Å². The van der Waals surface area contributed by atoms with E-state index >= 15 is 0 Å². The summed E-state index contributed by atoms with van der Waals surface area (Å²) in [6, 6.07) is 10.9. The number of hydrogen-bond acceptors (Lipinski definition) is 3. The van der Waals surface area contributed by atoms with Crippen molar-refractivity contribution in [2.24, 2.45) is 0 Å². The summed E-state index contributed by atoms with van der Waals surface area (Å²) in [6.45, 7) is 1.80. The maximum atomic E-state index is 12.3. The summed E-state index contributed by atoms with van der Waals surface area (Å²) in [6.07, 6.45) is 1.15. The van der Waals surface area contributed by atoms with Crippen molar-refractivity contribution in [1.82, 2.24) is 5.32 Å². The molecule has 1 atom stereocenters. The Morgan fingerprint density at radius 2 is 1.70 bits per heavy atom. The number of carbonyl (C=O) groups excluding carboxylic acids is 1. The highest BCUT2D eigenvalue weighted by Gasteiger charge is 2.16. The van der Waals surface area contributed by atoms with Gasteiger partial charge in [0.25, 0.3) is 5.91 Å². The van der Waals surface area contributed by atoms with E-state index in [4.69, 9.17) is 23.2 Å². The summed E-state index contributed by atoms with van der Waals surface area (Å²) in [4.78, 5) is 12.5. The first-order valence-electron chi connectivity index (χ1n) is 6.75. The molecule has 0 saturated heterocycles. The van der Waals surface area contributed by atoms with Gasteiger partial charge >= 0.3 is 0 Å². The summed E-state index contributed by atoms with van der Waals surface area (Å²) in [5, 5.41) is 3.32. The van der Waals surface area contributed by atoms with Crippen molar-refractivity contribution in [2.45, 2.75) is 17.9 Å². The third-order valence-corrected chi connectivity index (χ3v) is 5.30. The molecule has 2 rings (SSSR count). The summed E-state index contributed by atoms with van der Waals surface area (Å²) < 4.78 is 22.9. The van der Waals surface area contributed by atoms with Crippen molar-refractivity contribution >= 4 is 38.9 Å². The molecule has 0 aliphatic carbocycles. The van der Waals surface area contributed by atoms with E-state index in [1.54, 1.807) is 37.3 Å². The molecule has 1 N–H and O–H groups in total. The molecule has 0 spiro atoms. The van der Waals surface area contributed by atoms with Crippen molar-refractivity contribution < 1.29 is 13.2 Å². The predicted octanol–water partition coefficient (Wildman–Crippen LogP) is 3.89. The Morgan fingerprint density at radius 3 is 2.26 bits per heavy atom. The minimum absolute atomic E-state index is 0.200. The molecule has 7 heteroatoms. The van der Waals surface area contributed by atoms with Gasteiger partial charge in [-0.1, -0.05) is 41.4 Å². The molecule has 1 unspecified atom stereocenters. The number of rotatable bonds is 4. The van der Waals surface area contributed by atoms with E-state index in [0.717, 1.165) is 11.8 Å². The molecule has 0 aromatic heterocycles. The molecule has 2 aromatic rings. The van der Waals surface area contributed by atoms with Crippen molar-refractivity contribution in [3.05, 3.63) is 63.6 Å². The van der Waals surface area contributed by atoms with Gasteiger partial charge in [-0.15, -0.1) is 0 Å². The number of halogens is 2. The number of benzene rings is 2. The fourth-order valence-corrected chi connectivity index (χ4v) is 3.06. The van der Waals surface area contributed by atoms with E-state index in [1.165, 1.54) is 12.1 Å². The topological polar surface area (TPSA) is 63.2 Å². The molecule has 1 amide bonds. The molecule has 0 saturated carbocycles. The van der Waals surface area contributed by atoms with Crippen molar-refractivity contribution in [3.63, 3.8) is 0 Å². The van der Waals surface area contributed by atoms with Crippen LogP contribution in [0.4, 0.5) is 0 Å². The summed E-state index contributed by atoms with van der Waals surface area (Å²) in [7, 11) is -3.24. The Balaban J connectivity index is 2.17. The van der Waals surface area contributed by atoms with Crippen LogP contribution in [0.3, 0.4) is 0 Å². The van der Waals surface area contributed by atoms with Crippen LogP contribution >= 0.6 is 23.2 Å². The van der Waals surface area contributed by atoms with Crippen LogP contribution in [0, 0.1) is 0 Å². The highest BCUT2D eigenvalue weighted by Crippen LogP contribution is 2.26. The third-order valence-electron chi connectivity index (χ3n) is 3.35. The monoisotopic (exact) mass is 371 g/mol. The Bertz CT molecular complexity index is 833. The first-order chi connectivity index (χ1) is 10.7. The van der Waals surface area contributed by atoms with Gasteiger partial charge in [-0.05, 0) is 36.8 Å². The third kappa shape index (κ3) is 4.25. The quantitative estimate of drug-likeness (QED) is 0.886. The minimum atomic E-state index is -3.24. The zero-order chi connectivity index (χ0) is 17.2. The van der Waals surface area contributed by atoms with Crippen LogP contribution in [0.2, 0.25) is 10.0 Å². The number of amides is 1. The van der Waals surface area contributed by atoms with Gasteiger partial charge in [0, 0.05) is 6.26 Å². The van der Waals surface area contributed by atoms with Crippen LogP contribution in [0.15, 0.2) is 47.4 Å². The van der Waals surface area contributed by atoms with Crippen LogP contribution in [-0.2, 0) is 9.84 Å². The minimum Gasteiger partial charge on any atom is -0.345 e. The average Bonchev–Trinajstić information content (AvgIpc) is 2.49. The van der Waals surface area contributed by atoms with Gasteiger partial charge in [0.05, 0.1) is 26.5 Å². The first kappa shape index (κ1) is 17.8. The van der Waals surface area contributed by atoms with Gasteiger partial charge in [0.15, 0.2) is 9.84 Å². The Labute approximate surface area is 145 Å². The molecule has 23 heavy (non-hydrogen) atoms. The second-order valence-electron chi connectivity index (χ2n) is 5.14. The molecule has 0 fully saturated rings. The van der Waals surface area contributed by atoms with E-state index in [-0.39, 0.29) is 21.9 Å². The van der Waals surface area contributed by atoms with Crippen LogP contribution in [0.1, 0.15) is 28.9 Å². The zero-order valence-corrected chi connectivity index (χ0v) is 14.8. The SMILES string of the molecule is CC(NC(=O)c1cccc(Cl)c1Cl)c1ccc(S(C)(=O)=O)cc1. The normalized spacial score (nSPS) is 12.7. The lowest BCUT2D eigenvalue weighted by Crippen LogP contribution is -2.27.